The zero-order valence-electron chi connectivity index (χ0n) is 11.8. The fraction of sp³-hybridized carbons (Fsp3) is 0.533. The second-order valence-corrected chi connectivity index (χ2v) is 5.49. The van der Waals surface area contributed by atoms with E-state index in [2.05, 4.69) is 0 Å². The topological polar surface area (TPSA) is 55.6 Å². The highest BCUT2D eigenvalue weighted by molar-refractivity contribution is 5.99. The molecule has 4 nitrogen and oxygen atoms in total. The summed E-state index contributed by atoms with van der Waals surface area (Å²) in [5.74, 6) is -0.252. The third-order valence-corrected chi connectivity index (χ3v) is 4.27. The number of rotatable bonds is 2. The van der Waals surface area contributed by atoms with Gasteiger partial charge in [-0.05, 0) is 42.9 Å². The lowest BCUT2D eigenvalue weighted by Gasteiger charge is -2.30. The Morgan fingerprint density at radius 1 is 1.38 bits per heavy atom. The highest BCUT2D eigenvalue weighted by Gasteiger charge is 2.33. The van der Waals surface area contributed by atoms with Gasteiger partial charge in [-0.15, -0.1) is 12.4 Å². The summed E-state index contributed by atoms with van der Waals surface area (Å²) in [5, 5.41) is 0. The molecule has 0 spiro atoms. The Hall–Kier alpha value is -1.17. The minimum absolute atomic E-state index is 0. The third-order valence-electron chi connectivity index (χ3n) is 4.27. The second kappa shape index (κ2) is 6.73. The van der Waals surface area contributed by atoms with Crippen LogP contribution in [0.2, 0.25) is 0 Å². The molecular formula is C15H20ClFN2O2. The fourth-order valence-electron chi connectivity index (χ4n) is 3.04. The lowest BCUT2D eigenvalue weighted by Crippen LogP contribution is -2.48. The van der Waals surface area contributed by atoms with E-state index in [4.69, 9.17) is 10.5 Å². The maximum absolute atomic E-state index is 13.4. The zero-order chi connectivity index (χ0) is 14.1. The van der Waals surface area contributed by atoms with E-state index >= 15 is 0 Å². The number of anilines is 1. The summed E-state index contributed by atoms with van der Waals surface area (Å²) < 4.78 is 18.7. The Labute approximate surface area is 129 Å². The smallest absolute Gasteiger partial charge is 0.244 e. The first-order chi connectivity index (χ1) is 9.66. The largest absolute Gasteiger partial charge is 0.381 e. The molecule has 2 aliphatic rings. The van der Waals surface area contributed by atoms with Crippen LogP contribution in [0.3, 0.4) is 0 Å². The lowest BCUT2D eigenvalue weighted by atomic mass is 9.91. The molecule has 6 heteroatoms. The molecule has 2 heterocycles. The van der Waals surface area contributed by atoms with Crippen LogP contribution >= 0.6 is 12.4 Å². The molecule has 1 atom stereocenters. The van der Waals surface area contributed by atoms with Crippen LogP contribution in [0.1, 0.15) is 18.4 Å². The summed E-state index contributed by atoms with van der Waals surface area (Å²) in [6.07, 6.45) is 2.40. The quantitative estimate of drug-likeness (QED) is 0.907. The van der Waals surface area contributed by atoms with E-state index in [0.29, 0.717) is 25.4 Å². The van der Waals surface area contributed by atoms with E-state index in [0.717, 1.165) is 24.8 Å². The van der Waals surface area contributed by atoms with E-state index in [1.54, 1.807) is 11.0 Å². The van der Waals surface area contributed by atoms with Crippen LogP contribution in [-0.2, 0) is 16.0 Å². The summed E-state index contributed by atoms with van der Waals surface area (Å²) in [6.45, 7) is 1.92. The molecule has 1 saturated heterocycles. The molecule has 2 N–H and O–H groups in total. The highest BCUT2D eigenvalue weighted by atomic mass is 35.5. The summed E-state index contributed by atoms with van der Waals surface area (Å²) in [7, 11) is 0. The molecule has 1 aromatic carbocycles. The molecule has 1 amide bonds. The van der Waals surface area contributed by atoms with Gasteiger partial charge in [-0.1, -0.05) is 6.07 Å². The van der Waals surface area contributed by atoms with Gasteiger partial charge in [0.15, 0.2) is 0 Å². The number of ether oxygens (including phenoxy) is 1. The maximum atomic E-state index is 13.4. The molecule has 0 aromatic heterocycles. The Morgan fingerprint density at radius 2 is 2.10 bits per heavy atom. The maximum Gasteiger partial charge on any atom is 0.244 e. The van der Waals surface area contributed by atoms with Crippen molar-refractivity contribution in [2.75, 3.05) is 24.7 Å². The van der Waals surface area contributed by atoms with Crippen LogP contribution in [0, 0.1) is 11.7 Å². The summed E-state index contributed by atoms with van der Waals surface area (Å²) in [5.41, 5.74) is 7.82. The molecule has 1 fully saturated rings. The number of amides is 1. The van der Waals surface area contributed by atoms with Gasteiger partial charge in [-0.2, -0.15) is 0 Å². The third kappa shape index (κ3) is 3.20. The number of carbonyl (C=O) groups is 1. The van der Waals surface area contributed by atoms with Crippen molar-refractivity contribution in [1.29, 1.82) is 0 Å². The number of nitrogens with zero attached hydrogens (tertiary/aromatic N) is 1. The van der Waals surface area contributed by atoms with E-state index in [1.807, 2.05) is 0 Å². The van der Waals surface area contributed by atoms with Gasteiger partial charge in [0.2, 0.25) is 5.91 Å². The molecule has 0 bridgehead atoms. The first kappa shape index (κ1) is 16.2. The molecule has 21 heavy (non-hydrogen) atoms. The molecule has 1 aromatic rings. The first-order valence-corrected chi connectivity index (χ1v) is 7.10. The number of fused-ring (bicyclic) bond motifs is 1. The van der Waals surface area contributed by atoms with Gasteiger partial charge in [0.25, 0.3) is 0 Å². The molecule has 116 valence electrons. The Kier molecular flexibility index (Phi) is 5.19. The van der Waals surface area contributed by atoms with E-state index < -0.39 is 6.04 Å². The number of hydrogen-bond acceptors (Lipinski definition) is 3. The molecule has 1 unspecified atom stereocenters. The van der Waals surface area contributed by atoms with E-state index in [9.17, 15) is 9.18 Å². The summed E-state index contributed by atoms with van der Waals surface area (Å²) in [6, 6.07) is 4.09. The average Bonchev–Trinajstić information content (AvgIpc) is 2.89. The van der Waals surface area contributed by atoms with Crippen molar-refractivity contribution in [3.05, 3.63) is 29.6 Å². The predicted octanol–water partition coefficient (Wildman–Crippen LogP) is 1.89. The van der Waals surface area contributed by atoms with Crippen LogP contribution in [0.25, 0.3) is 0 Å². The van der Waals surface area contributed by atoms with Crippen molar-refractivity contribution in [3.63, 3.8) is 0 Å². The molecule has 2 aliphatic heterocycles. The number of hydrogen-bond donors (Lipinski definition) is 1. The number of benzene rings is 1. The fourth-order valence-corrected chi connectivity index (χ4v) is 3.04. The van der Waals surface area contributed by atoms with Crippen molar-refractivity contribution in [3.8, 4) is 0 Å². The van der Waals surface area contributed by atoms with Crippen LogP contribution in [0.15, 0.2) is 18.2 Å². The number of nitrogens with two attached hydrogens (primary N) is 1. The zero-order valence-corrected chi connectivity index (χ0v) is 12.6. The van der Waals surface area contributed by atoms with Crippen LogP contribution < -0.4 is 10.6 Å². The van der Waals surface area contributed by atoms with Crippen molar-refractivity contribution in [1.82, 2.24) is 0 Å². The normalized spacial score (nSPS) is 19.8. The van der Waals surface area contributed by atoms with Crippen molar-refractivity contribution < 1.29 is 13.9 Å². The monoisotopic (exact) mass is 314 g/mol. The SMILES string of the molecule is Cl.NC(C(=O)N1CCc2ccc(F)cc21)C1CCOCC1. The van der Waals surface area contributed by atoms with Gasteiger partial charge in [-0.25, -0.2) is 4.39 Å². The van der Waals surface area contributed by atoms with Crippen molar-refractivity contribution >= 4 is 24.0 Å². The van der Waals surface area contributed by atoms with Gasteiger partial charge in [0.1, 0.15) is 5.82 Å². The number of halogens is 2. The van der Waals surface area contributed by atoms with Gasteiger partial charge in [-0.3, -0.25) is 4.79 Å². The van der Waals surface area contributed by atoms with E-state index in [1.165, 1.54) is 12.1 Å². The average molecular weight is 315 g/mol. The lowest BCUT2D eigenvalue weighted by molar-refractivity contribution is -0.121. The van der Waals surface area contributed by atoms with Gasteiger partial charge >= 0.3 is 0 Å². The Balaban J connectivity index is 0.00000161. The standard InChI is InChI=1S/C15H19FN2O2.ClH/c16-12-2-1-10-3-6-18(13(10)9-12)15(19)14(17)11-4-7-20-8-5-11;/h1-2,9,11,14H,3-8,17H2;1H. The molecule has 3 rings (SSSR count). The molecular weight excluding hydrogens is 295 g/mol. The summed E-state index contributed by atoms with van der Waals surface area (Å²) in [4.78, 5) is 14.2. The minimum atomic E-state index is -0.520. The van der Waals surface area contributed by atoms with Gasteiger partial charge in [0, 0.05) is 25.4 Å². The van der Waals surface area contributed by atoms with E-state index in [-0.39, 0.29) is 30.0 Å². The molecule has 0 radical (unpaired) electrons. The molecule has 0 saturated carbocycles. The van der Waals surface area contributed by atoms with Crippen LogP contribution in [0.5, 0.6) is 0 Å². The van der Waals surface area contributed by atoms with Crippen LogP contribution in [0.4, 0.5) is 10.1 Å². The number of carbonyl (C=O) groups excluding carboxylic acids is 1. The Bertz CT molecular complexity index is 520. The summed E-state index contributed by atoms with van der Waals surface area (Å²) >= 11 is 0. The minimum Gasteiger partial charge on any atom is -0.381 e. The van der Waals surface area contributed by atoms with Gasteiger partial charge < -0.3 is 15.4 Å². The van der Waals surface area contributed by atoms with Gasteiger partial charge in [0.05, 0.1) is 6.04 Å². The highest BCUT2D eigenvalue weighted by Crippen LogP contribution is 2.30. The second-order valence-electron chi connectivity index (χ2n) is 5.49. The van der Waals surface area contributed by atoms with Crippen molar-refractivity contribution in [2.45, 2.75) is 25.3 Å². The molecule has 0 aliphatic carbocycles. The predicted molar refractivity (Wildman–Crippen MR) is 81.2 cm³/mol. The Morgan fingerprint density at radius 3 is 2.81 bits per heavy atom. The van der Waals surface area contributed by atoms with Crippen LogP contribution in [-0.4, -0.2) is 31.7 Å². The van der Waals surface area contributed by atoms with Crippen molar-refractivity contribution in [2.24, 2.45) is 11.7 Å². The first-order valence-electron chi connectivity index (χ1n) is 7.10.